The van der Waals surface area contributed by atoms with Crippen molar-refractivity contribution in [2.24, 2.45) is 0 Å². The molecule has 2 unspecified atom stereocenters. The molecule has 3 rings (SSSR count). The number of carbonyl (C=O) groups is 1. The van der Waals surface area contributed by atoms with Crippen molar-refractivity contribution in [3.8, 4) is 0 Å². The Balaban J connectivity index is 1.86. The number of ether oxygens (including phenoxy) is 1. The van der Waals surface area contributed by atoms with Crippen LogP contribution in [0.3, 0.4) is 0 Å². The van der Waals surface area contributed by atoms with Crippen molar-refractivity contribution >= 4 is 36.1 Å². The summed E-state index contributed by atoms with van der Waals surface area (Å²) in [5.41, 5.74) is -0.225. The lowest BCUT2D eigenvalue weighted by atomic mass is 9.97. The molecule has 1 aromatic heterocycles. The van der Waals surface area contributed by atoms with Gasteiger partial charge in [-0.1, -0.05) is 67.0 Å². The largest absolute Gasteiger partial charge is 0.406 e. The van der Waals surface area contributed by atoms with Crippen molar-refractivity contribution in [1.29, 1.82) is 0 Å². The lowest BCUT2D eigenvalue weighted by Crippen LogP contribution is -2.51. The Morgan fingerprint density at radius 2 is 1.95 bits per heavy atom. The Labute approximate surface area is 225 Å². The molecule has 5 atom stereocenters. The van der Waals surface area contributed by atoms with Crippen molar-refractivity contribution in [3.05, 3.63) is 73.5 Å². The first kappa shape index (κ1) is 29.4. The number of halogens is 1. The molecular weight excluding hydrogens is 560 g/mol. The number of aliphatic hydroxyl groups excluding tert-OH is 2. The summed E-state index contributed by atoms with van der Waals surface area (Å²) < 4.78 is 13.4. The van der Waals surface area contributed by atoms with Gasteiger partial charge in [-0.2, -0.15) is 0 Å². The van der Waals surface area contributed by atoms with Crippen molar-refractivity contribution in [3.63, 3.8) is 0 Å². The highest BCUT2D eigenvalue weighted by molar-refractivity contribution is 9.11. The summed E-state index contributed by atoms with van der Waals surface area (Å²) in [5, 5.41) is 21.6. The highest BCUT2D eigenvalue weighted by Gasteiger charge is 2.47. The van der Waals surface area contributed by atoms with Crippen molar-refractivity contribution in [1.82, 2.24) is 9.55 Å². The molecule has 2 heterocycles. The number of aromatic nitrogens is 2. The molecule has 11 heteroatoms. The summed E-state index contributed by atoms with van der Waals surface area (Å²) in [6, 6.07) is 9.40. The minimum atomic E-state index is -2.40. The summed E-state index contributed by atoms with van der Waals surface area (Å²) in [6.07, 6.45) is -3.12. The Morgan fingerprint density at radius 3 is 2.54 bits per heavy atom. The number of Topliss-reactive ketones (excluding diaryl/α,β-unsaturated/α-hetero) is 1. The molecule has 0 aliphatic carbocycles. The van der Waals surface area contributed by atoms with Gasteiger partial charge in [-0.25, -0.2) is 4.79 Å². The molecule has 0 bridgehead atoms. The van der Waals surface area contributed by atoms with Crippen LogP contribution in [0.25, 0.3) is 6.08 Å². The van der Waals surface area contributed by atoms with E-state index in [1.54, 1.807) is 0 Å². The third-order valence-electron chi connectivity index (χ3n) is 7.11. The zero-order chi connectivity index (χ0) is 27.5. The smallest absolute Gasteiger partial charge is 0.330 e. The van der Waals surface area contributed by atoms with E-state index in [-0.39, 0.29) is 23.4 Å². The van der Waals surface area contributed by atoms with Gasteiger partial charge in [0.25, 0.3) is 5.56 Å². The fraction of sp³-hybridized carbons (Fsp3) is 0.500. The third-order valence-corrected chi connectivity index (χ3v) is 11.9. The predicted molar refractivity (Wildman–Crippen MR) is 147 cm³/mol. The van der Waals surface area contributed by atoms with Crippen LogP contribution in [0.5, 0.6) is 0 Å². The van der Waals surface area contributed by atoms with E-state index in [1.807, 2.05) is 43.4 Å². The standard InChI is InChI=1S/C26H35BrN2O7Si/c1-26(2,3)37(4,5)36-19(13-16-9-7-6-8-10-16)21(31)22(32)23-18(30)14-20(35-23)29-15-17(11-12-27)24(33)28-25(29)34/h6-12,15,18-20,22-23,30,32H,13-14H2,1-5H3,(H,28,33,34)/b12-11+/t18-,19?,20+,22?,23-/m0/s1. The fourth-order valence-electron chi connectivity index (χ4n) is 3.95. The second-order valence-corrected chi connectivity index (χ2v) is 16.1. The van der Waals surface area contributed by atoms with E-state index in [9.17, 15) is 24.6 Å². The highest BCUT2D eigenvalue weighted by atomic mass is 79.9. The molecule has 0 spiro atoms. The molecule has 202 valence electrons. The second-order valence-electron chi connectivity index (χ2n) is 10.8. The van der Waals surface area contributed by atoms with E-state index in [2.05, 4.69) is 41.7 Å². The van der Waals surface area contributed by atoms with Crippen molar-refractivity contribution in [2.45, 2.75) is 82.4 Å². The quantitative estimate of drug-likeness (QED) is 0.380. The first-order valence-corrected chi connectivity index (χ1v) is 16.0. The highest BCUT2D eigenvalue weighted by Crippen LogP contribution is 2.38. The van der Waals surface area contributed by atoms with E-state index in [0.29, 0.717) is 0 Å². The van der Waals surface area contributed by atoms with Crippen molar-refractivity contribution in [2.75, 3.05) is 0 Å². The molecule has 0 radical (unpaired) electrons. The molecule has 9 nitrogen and oxygen atoms in total. The Bertz CT molecular complexity index is 1240. The lowest BCUT2D eigenvalue weighted by Gasteiger charge is -2.39. The molecule has 0 saturated carbocycles. The van der Waals surface area contributed by atoms with Crippen molar-refractivity contribution < 1.29 is 24.2 Å². The zero-order valence-corrected chi connectivity index (χ0v) is 24.3. The van der Waals surface area contributed by atoms with Crippen LogP contribution in [0.15, 0.2) is 51.1 Å². The maximum atomic E-state index is 13.6. The number of carbonyl (C=O) groups excluding carboxylic acids is 1. The normalized spacial score (nSPS) is 22.3. The van der Waals surface area contributed by atoms with Crippen LogP contribution in [-0.4, -0.2) is 58.3 Å². The number of benzene rings is 1. The van der Waals surface area contributed by atoms with Crippen LogP contribution < -0.4 is 11.2 Å². The van der Waals surface area contributed by atoms with Crippen LogP contribution in [0.2, 0.25) is 18.1 Å². The van der Waals surface area contributed by atoms with Crippen LogP contribution in [0.1, 0.15) is 44.5 Å². The number of nitrogens with one attached hydrogen (secondary N) is 1. The summed E-state index contributed by atoms with van der Waals surface area (Å²) in [6.45, 7) is 10.3. The first-order valence-electron chi connectivity index (χ1n) is 12.1. The zero-order valence-electron chi connectivity index (χ0n) is 21.7. The first-order chi connectivity index (χ1) is 17.2. The summed E-state index contributed by atoms with van der Waals surface area (Å²) >= 11 is 3.10. The second kappa shape index (κ2) is 11.7. The molecule has 3 N–H and O–H groups in total. The molecule has 1 aliphatic rings. The van der Waals surface area contributed by atoms with Crippen LogP contribution in [-0.2, 0) is 20.4 Å². The van der Waals surface area contributed by atoms with Gasteiger partial charge in [0.1, 0.15) is 24.5 Å². The van der Waals surface area contributed by atoms with Gasteiger partial charge in [0.05, 0.1) is 11.7 Å². The molecule has 1 saturated heterocycles. The van der Waals surface area contributed by atoms with Crippen LogP contribution in [0.4, 0.5) is 0 Å². The number of hydrogen-bond donors (Lipinski definition) is 3. The average molecular weight is 596 g/mol. The predicted octanol–water partition coefficient (Wildman–Crippen LogP) is 3.11. The number of rotatable bonds is 9. The van der Waals surface area contributed by atoms with Gasteiger partial charge in [-0.05, 0) is 34.8 Å². The Kier molecular flexibility index (Phi) is 9.30. The topological polar surface area (TPSA) is 131 Å². The maximum absolute atomic E-state index is 13.6. The molecule has 2 aromatic rings. The molecule has 1 aromatic carbocycles. The lowest BCUT2D eigenvalue weighted by molar-refractivity contribution is -0.148. The van der Waals surface area contributed by atoms with E-state index < -0.39 is 56.0 Å². The molecule has 37 heavy (non-hydrogen) atoms. The van der Waals surface area contributed by atoms with E-state index in [1.165, 1.54) is 17.3 Å². The average Bonchev–Trinajstić information content (AvgIpc) is 3.20. The number of nitrogens with zero attached hydrogens (tertiary/aromatic N) is 1. The van der Waals surface area contributed by atoms with Crippen LogP contribution in [0, 0.1) is 0 Å². The maximum Gasteiger partial charge on any atom is 0.330 e. The summed E-state index contributed by atoms with van der Waals surface area (Å²) in [5.74, 6) is -0.588. The van der Waals surface area contributed by atoms with Gasteiger partial charge < -0.3 is 19.4 Å². The Morgan fingerprint density at radius 1 is 1.30 bits per heavy atom. The van der Waals surface area contributed by atoms with Gasteiger partial charge in [0, 0.05) is 19.0 Å². The fourth-order valence-corrected chi connectivity index (χ4v) is 5.50. The third kappa shape index (κ3) is 6.84. The van der Waals surface area contributed by atoms with Gasteiger partial charge in [-0.3, -0.25) is 19.1 Å². The minimum Gasteiger partial charge on any atom is -0.406 e. The number of ketones is 1. The van der Waals surface area contributed by atoms with Gasteiger partial charge in [-0.15, -0.1) is 0 Å². The molecule has 1 fully saturated rings. The SMILES string of the molecule is CC(C)(C)[Si](C)(C)OC(Cc1ccccc1)C(=O)C(O)[C@H]1O[C@@H](n2cc(/C=C/Br)c(=O)[nH]c2=O)C[C@@H]1O. The molecule has 1 aliphatic heterocycles. The number of aromatic amines is 1. The Hall–Kier alpha value is -2.15. The van der Waals surface area contributed by atoms with E-state index in [4.69, 9.17) is 9.16 Å². The molecular formula is C26H35BrN2O7Si. The summed E-state index contributed by atoms with van der Waals surface area (Å²) in [7, 11) is -2.40. The summed E-state index contributed by atoms with van der Waals surface area (Å²) in [4.78, 5) is 41.7. The number of aliphatic hydroxyl groups is 2. The number of hydrogen-bond acceptors (Lipinski definition) is 7. The van der Waals surface area contributed by atoms with Gasteiger partial charge in [0.2, 0.25) is 0 Å². The molecule has 0 amide bonds. The minimum absolute atomic E-state index is 0.0507. The van der Waals surface area contributed by atoms with E-state index >= 15 is 0 Å². The van der Waals surface area contributed by atoms with Gasteiger partial charge >= 0.3 is 5.69 Å². The van der Waals surface area contributed by atoms with E-state index in [0.717, 1.165) is 10.1 Å². The van der Waals surface area contributed by atoms with Crippen LogP contribution >= 0.6 is 15.9 Å². The monoisotopic (exact) mass is 594 g/mol. The van der Waals surface area contributed by atoms with Gasteiger partial charge in [0.15, 0.2) is 14.1 Å². The number of H-pyrrole nitrogens is 1.